The van der Waals surface area contributed by atoms with E-state index in [0.29, 0.717) is 10.6 Å². The van der Waals surface area contributed by atoms with E-state index in [4.69, 9.17) is 11.6 Å². The number of alkyl halides is 2. The third-order valence-corrected chi connectivity index (χ3v) is 3.07. The number of anilines is 1. The zero-order chi connectivity index (χ0) is 14.7. The van der Waals surface area contributed by atoms with Gasteiger partial charge in [-0.05, 0) is 11.6 Å². The van der Waals surface area contributed by atoms with Gasteiger partial charge in [-0.15, -0.1) is 0 Å². The van der Waals surface area contributed by atoms with Gasteiger partial charge in [0.15, 0.2) is 0 Å². The molecule has 1 heterocycles. The van der Waals surface area contributed by atoms with Crippen LogP contribution in [-0.4, -0.2) is 15.7 Å². The van der Waals surface area contributed by atoms with Crippen molar-refractivity contribution in [3.05, 3.63) is 46.6 Å². The predicted octanol–water partition coefficient (Wildman–Crippen LogP) is 3.19. The van der Waals surface area contributed by atoms with Crippen molar-refractivity contribution in [1.82, 2.24) is 9.78 Å². The van der Waals surface area contributed by atoms with Gasteiger partial charge in [0.2, 0.25) is 5.91 Å². The molecule has 2 rings (SSSR count). The summed E-state index contributed by atoms with van der Waals surface area (Å²) in [6, 6.07) is 8.10. The van der Waals surface area contributed by atoms with E-state index in [-0.39, 0.29) is 23.8 Å². The van der Waals surface area contributed by atoms with Gasteiger partial charge in [-0.1, -0.05) is 29.8 Å². The molecule has 1 aromatic heterocycles. The third-order valence-electron chi connectivity index (χ3n) is 2.70. The predicted molar refractivity (Wildman–Crippen MR) is 72.0 cm³/mol. The number of halogens is 3. The summed E-state index contributed by atoms with van der Waals surface area (Å²) in [6.07, 6.45) is -2.61. The standard InChI is InChI=1S/C13H12ClF2N3O/c1-19-11(7-10(18-19)13(15)16)17-12(20)6-8-4-2-3-5-9(8)14/h2-5,7,13H,6H2,1H3,(H,17,20). The van der Waals surface area contributed by atoms with Crippen molar-refractivity contribution in [2.45, 2.75) is 12.8 Å². The number of carbonyl (C=O) groups is 1. The summed E-state index contributed by atoms with van der Waals surface area (Å²) >= 11 is 5.95. The van der Waals surface area contributed by atoms with Gasteiger partial charge >= 0.3 is 0 Å². The minimum atomic E-state index is -2.67. The average Bonchev–Trinajstić information content (AvgIpc) is 2.74. The second-order valence-electron chi connectivity index (χ2n) is 4.20. The highest BCUT2D eigenvalue weighted by molar-refractivity contribution is 6.31. The zero-order valence-corrected chi connectivity index (χ0v) is 11.4. The van der Waals surface area contributed by atoms with E-state index in [1.54, 1.807) is 24.3 Å². The van der Waals surface area contributed by atoms with E-state index >= 15 is 0 Å². The van der Waals surface area contributed by atoms with Gasteiger partial charge in [-0.2, -0.15) is 5.10 Å². The molecular weight excluding hydrogens is 288 g/mol. The van der Waals surface area contributed by atoms with E-state index < -0.39 is 6.43 Å². The summed E-state index contributed by atoms with van der Waals surface area (Å²) in [4.78, 5) is 11.9. The average molecular weight is 300 g/mol. The highest BCUT2D eigenvalue weighted by atomic mass is 35.5. The van der Waals surface area contributed by atoms with Crippen LogP contribution in [0.2, 0.25) is 5.02 Å². The fourth-order valence-electron chi connectivity index (χ4n) is 1.71. The molecule has 1 N–H and O–H groups in total. The lowest BCUT2D eigenvalue weighted by Gasteiger charge is -2.06. The molecule has 1 aromatic carbocycles. The number of nitrogens with one attached hydrogen (secondary N) is 1. The lowest BCUT2D eigenvalue weighted by atomic mass is 10.1. The van der Waals surface area contributed by atoms with Crippen LogP contribution in [0.3, 0.4) is 0 Å². The molecule has 0 spiro atoms. The van der Waals surface area contributed by atoms with Crippen LogP contribution in [0.1, 0.15) is 17.7 Å². The Morgan fingerprint density at radius 2 is 2.15 bits per heavy atom. The van der Waals surface area contributed by atoms with Crippen molar-refractivity contribution in [3.8, 4) is 0 Å². The number of carbonyl (C=O) groups excluding carboxylic acids is 1. The lowest BCUT2D eigenvalue weighted by molar-refractivity contribution is -0.115. The molecule has 0 fully saturated rings. The number of hydrogen-bond acceptors (Lipinski definition) is 2. The molecule has 0 aliphatic rings. The van der Waals surface area contributed by atoms with Gasteiger partial charge in [0, 0.05) is 18.1 Å². The molecule has 0 saturated carbocycles. The minimum Gasteiger partial charge on any atom is -0.311 e. The molecule has 0 aliphatic heterocycles. The van der Waals surface area contributed by atoms with Crippen LogP contribution < -0.4 is 5.32 Å². The second-order valence-corrected chi connectivity index (χ2v) is 4.60. The van der Waals surface area contributed by atoms with E-state index in [9.17, 15) is 13.6 Å². The van der Waals surface area contributed by atoms with Crippen LogP contribution >= 0.6 is 11.6 Å². The number of hydrogen-bond donors (Lipinski definition) is 1. The number of rotatable bonds is 4. The Morgan fingerprint density at radius 3 is 2.75 bits per heavy atom. The van der Waals surface area contributed by atoms with E-state index in [0.717, 1.165) is 6.07 Å². The fraction of sp³-hybridized carbons (Fsp3) is 0.231. The molecule has 0 aliphatic carbocycles. The summed E-state index contributed by atoms with van der Waals surface area (Å²) in [5, 5.41) is 6.63. The Hall–Kier alpha value is -1.95. The Morgan fingerprint density at radius 1 is 1.45 bits per heavy atom. The molecule has 0 atom stereocenters. The summed E-state index contributed by atoms with van der Waals surface area (Å²) < 4.78 is 26.2. The molecule has 0 radical (unpaired) electrons. The van der Waals surface area contributed by atoms with Gasteiger partial charge in [0.1, 0.15) is 11.5 Å². The molecule has 106 valence electrons. The molecule has 0 saturated heterocycles. The van der Waals surface area contributed by atoms with Gasteiger partial charge in [-0.3, -0.25) is 9.48 Å². The molecule has 4 nitrogen and oxygen atoms in total. The summed E-state index contributed by atoms with van der Waals surface area (Å²) in [7, 11) is 1.48. The number of aryl methyl sites for hydroxylation is 1. The second kappa shape index (κ2) is 6.00. The van der Waals surface area contributed by atoms with Crippen LogP contribution in [0.15, 0.2) is 30.3 Å². The number of nitrogens with zero attached hydrogens (tertiary/aromatic N) is 2. The molecule has 20 heavy (non-hydrogen) atoms. The first kappa shape index (κ1) is 14.5. The van der Waals surface area contributed by atoms with Gasteiger partial charge in [0.05, 0.1) is 6.42 Å². The molecular formula is C13H12ClF2N3O. The van der Waals surface area contributed by atoms with Crippen molar-refractivity contribution < 1.29 is 13.6 Å². The normalized spacial score (nSPS) is 10.8. The first-order chi connectivity index (χ1) is 9.47. The Bertz CT molecular complexity index is 628. The number of benzene rings is 1. The van der Waals surface area contributed by atoms with E-state index in [2.05, 4.69) is 10.4 Å². The molecule has 1 amide bonds. The Kier molecular flexibility index (Phi) is 4.34. The first-order valence-electron chi connectivity index (χ1n) is 5.82. The van der Waals surface area contributed by atoms with E-state index in [1.807, 2.05) is 0 Å². The SMILES string of the molecule is Cn1nc(C(F)F)cc1NC(=O)Cc1ccccc1Cl. The van der Waals surface area contributed by atoms with Crippen LogP contribution in [0, 0.1) is 0 Å². The van der Waals surface area contributed by atoms with Crippen molar-refractivity contribution >= 4 is 23.3 Å². The monoisotopic (exact) mass is 299 g/mol. The molecule has 0 unspecified atom stereocenters. The molecule has 0 bridgehead atoms. The van der Waals surface area contributed by atoms with Crippen LogP contribution in [0.5, 0.6) is 0 Å². The highest BCUT2D eigenvalue weighted by Crippen LogP contribution is 2.21. The van der Waals surface area contributed by atoms with Crippen LogP contribution in [0.25, 0.3) is 0 Å². The van der Waals surface area contributed by atoms with Crippen LogP contribution in [0.4, 0.5) is 14.6 Å². The quantitative estimate of drug-likeness (QED) is 0.942. The summed E-state index contributed by atoms with van der Waals surface area (Å²) in [5.74, 6) is -0.126. The zero-order valence-electron chi connectivity index (χ0n) is 10.6. The lowest BCUT2D eigenvalue weighted by Crippen LogP contribution is -2.16. The molecule has 7 heteroatoms. The fourth-order valence-corrected chi connectivity index (χ4v) is 1.92. The Labute approximate surface area is 119 Å². The van der Waals surface area contributed by atoms with Crippen molar-refractivity contribution in [2.75, 3.05) is 5.32 Å². The smallest absolute Gasteiger partial charge is 0.282 e. The maximum atomic E-state index is 12.5. The largest absolute Gasteiger partial charge is 0.311 e. The molecule has 2 aromatic rings. The highest BCUT2D eigenvalue weighted by Gasteiger charge is 2.15. The minimum absolute atomic E-state index is 0.0644. The van der Waals surface area contributed by atoms with Gasteiger partial charge < -0.3 is 5.32 Å². The maximum absolute atomic E-state index is 12.5. The van der Waals surface area contributed by atoms with Gasteiger partial charge in [0.25, 0.3) is 6.43 Å². The van der Waals surface area contributed by atoms with Crippen molar-refractivity contribution in [3.63, 3.8) is 0 Å². The first-order valence-corrected chi connectivity index (χ1v) is 6.20. The van der Waals surface area contributed by atoms with Crippen molar-refractivity contribution in [1.29, 1.82) is 0 Å². The topological polar surface area (TPSA) is 46.9 Å². The maximum Gasteiger partial charge on any atom is 0.282 e. The van der Waals surface area contributed by atoms with E-state index in [1.165, 1.54) is 11.7 Å². The summed E-state index contributed by atoms with van der Waals surface area (Å²) in [5.41, 5.74) is 0.295. The summed E-state index contributed by atoms with van der Waals surface area (Å²) in [6.45, 7) is 0. The van der Waals surface area contributed by atoms with Crippen molar-refractivity contribution in [2.24, 2.45) is 7.05 Å². The third kappa shape index (κ3) is 3.33. The van der Waals surface area contributed by atoms with Gasteiger partial charge in [-0.25, -0.2) is 8.78 Å². The number of amides is 1. The van der Waals surface area contributed by atoms with Crippen LogP contribution in [-0.2, 0) is 18.3 Å². The Balaban J connectivity index is 2.07. The number of aromatic nitrogens is 2.